The van der Waals surface area contributed by atoms with Crippen molar-refractivity contribution in [2.24, 2.45) is 0 Å². The molecule has 0 fully saturated rings. The first-order valence-corrected chi connectivity index (χ1v) is 12.2. The van der Waals surface area contributed by atoms with E-state index in [0.29, 0.717) is 10.8 Å². The largest absolute Gasteiger partial charge is 0.485 e. The highest BCUT2D eigenvalue weighted by atomic mass is 35.5. The highest BCUT2D eigenvalue weighted by Crippen LogP contribution is 2.43. The molecule has 0 unspecified atom stereocenters. The monoisotopic (exact) mass is 444 g/mol. The van der Waals surface area contributed by atoms with E-state index in [1.54, 1.807) is 24.3 Å². The number of Topliss-reactive ketones (excluding diaryl/α,β-unsaturated/α-hetero) is 1. The Labute approximate surface area is 188 Å². The van der Waals surface area contributed by atoms with E-state index < -0.39 is 6.89 Å². The van der Waals surface area contributed by atoms with Crippen molar-refractivity contribution in [3.05, 3.63) is 120 Å². The predicted molar refractivity (Wildman–Crippen MR) is 133 cm³/mol. The molecule has 0 aliphatic heterocycles. The number of hydrogen-bond donors (Lipinski definition) is 0. The fourth-order valence-corrected chi connectivity index (χ4v) is 7.58. The molecule has 0 saturated heterocycles. The Bertz CT molecular complexity index is 1100. The predicted octanol–water partition coefficient (Wildman–Crippen LogP) is 5.08. The van der Waals surface area contributed by atoms with Crippen LogP contribution in [0.25, 0.3) is 0 Å². The quantitative estimate of drug-likeness (QED) is 0.371. The Morgan fingerprint density at radius 1 is 0.710 bits per heavy atom. The third kappa shape index (κ3) is 4.82. The van der Waals surface area contributed by atoms with Crippen LogP contribution < -0.4 is 20.7 Å². The van der Waals surface area contributed by atoms with Crippen LogP contribution in [0.2, 0.25) is 5.02 Å². The maximum absolute atomic E-state index is 13.3. The van der Waals surface area contributed by atoms with Crippen LogP contribution in [0.4, 0.5) is 0 Å². The van der Waals surface area contributed by atoms with Crippen LogP contribution >= 0.6 is 18.5 Å². The molecule has 0 atom stereocenters. The molecule has 0 radical (unpaired) electrons. The molecule has 0 aliphatic rings. The van der Waals surface area contributed by atoms with Crippen molar-refractivity contribution in [1.29, 1.82) is 0 Å². The first-order valence-electron chi connectivity index (χ1n) is 10.0. The zero-order valence-electron chi connectivity index (χ0n) is 16.9. The molecule has 2 nitrogen and oxygen atoms in total. The number of rotatable bonds is 7. The average Bonchev–Trinajstić information content (AvgIpc) is 2.83. The van der Waals surface area contributed by atoms with Gasteiger partial charge in [-0.25, -0.2) is 0 Å². The number of halogens is 1. The molecule has 0 aromatic heterocycles. The van der Waals surface area contributed by atoms with Crippen LogP contribution in [-0.2, 0) is 4.79 Å². The zero-order valence-corrected chi connectivity index (χ0v) is 18.5. The summed E-state index contributed by atoms with van der Waals surface area (Å²) in [6, 6.07) is 37.9. The Kier molecular flexibility index (Phi) is 6.72. The van der Waals surface area contributed by atoms with Crippen LogP contribution in [0.3, 0.4) is 0 Å². The first kappa shape index (κ1) is 21.2. The lowest BCUT2D eigenvalue weighted by molar-refractivity contribution is -0.114. The number of ether oxygens (including phenoxy) is 1. The summed E-state index contributed by atoms with van der Waals surface area (Å²) >= 11 is 6.04. The standard InChI is InChI=1S/C27H22ClO2P/c28-22-11-10-12-24(19-22)30-20-23(29)21-31(25-13-4-1-5-14-25,26-15-6-2-7-16-26)27-17-8-3-9-18-27/h1-19,21H,20H2. The van der Waals surface area contributed by atoms with Crippen LogP contribution in [0.15, 0.2) is 115 Å². The Morgan fingerprint density at radius 3 is 1.65 bits per heavy atom. The number of hydrogen-bond acceptors (Lipinski definition) is 2. The normalized spacial score (nSPS) is 11.0. The van der Waals surface area contributed by atoms with Crippen LogP contribution in [0.5, 0.6) is 5.75 Å². The Morgan fingerprint density at radius 2 is 1.19 bits per heavy atom. The SMILES string of the molecule is O=C(C=P(c1ccccc1)(c1ccccc1)c1ccccc1)COc1cccc(Cl)c1. The van der Waals surface area contributed by atoms with E-state index in [1.165, 1.54) is 0 Å². The van der Waals surface area contributed by atoms with Gasteiger partial charge in [-0.05, 0) is 46.8 Å². The van der Waals surface area contributed by atoms with Crippen LogP contribution in [0, 0.1) is 0 Å². The van der Waals surface area contributed by atoms with Gasteiger partial charge in [0.2, 0.25) is 0 Å². The molecule has 4 aromatic rings. The van der Waals surface area contributed by atoms with E-state index in [-0.39, 0.29) is 12.4 Å². The van der Waals surface area contributed by atoms with Gasteiger partial charge in [0.15, 0.2) is 12.4 Å². The summed E-state index contributed by atoms with van der Waals surface area (Å²) in [5.74, 6) is 2.40. The lowest BCUT2D eigenvalue weighted by Crippen LogP contribution is -2.29. The summed E-state index contributed by atoms with van der Waals surface area (Å²) in [4.78, 5) is 13.3. The zero-order chi connectivity index (χ0) is 21.5. The molecule has 0 aliphatic carbocycles. The number of ketones is 1. The molecule has 0 bridgehead atoms. The second kappa shape index (κ2) is 9.83. The van der Waals surface area contributed by atoms with E-state index in [1.807, 2.05) is 60.4 Å². The van der Waals surface area contributed by atoms with Crippen molar-refractivity contribution < 1.29 is 9.53 Å². The van der Waals surface area contributed by atoms with Crippen molar-refractivity contribution in [3.8, 4) is 5.75 Å². The van der Waals surface area contributed by atoms with Gasteiger partial charge in [0.05, 0.1) is 0 Å². The average molecular weight is 445 g/mol. The molecule has 4 rings (SSSR count). The van der Waals surface area contributed by atoms with Gasteiger partial charge in [0.25, 0.3) is 0 Å². The van der Waals surface area contributed by atoms with E-state index >= 15 is 0 Å². The summed E-state index contributed by atoms with van der Waals surface area (Å²) in [5.41, 5.74) is 0. The molecule has 0 amide bonds. The second-order valence-corrected chi connectivity index (χ2v) is 10.8. The summed E-state index contributed by atoms with van der Waals surface area (Å²) in [7, 11) is 0. The van der Waals surface area contributed by atoms with Gasteiger partial charge in [-0.3, -0.25) is 4.79 Å². The molecule has 0 spiro atoms. The van der Waals surface area contributed by atoms with Crippen LogP contribution in [-0.4, -0.2) is 18.2 Å². The van der Waals surface area contributed by atoms with Gasteiger partial charge in [-0.15, -0.1) is 0 Å². The third-order valence-electron chi connectivity index (χ3n) is 5.01. The lowest BCUT2D eigenvalue weighted by Gasteiger charge is -2.28. The molecule has 154 valence electrons. The lowest BCUT2D eigenvalue weighted by atomic mass is 10.3. The summed E-state index contributed by atoms with van der Waals surface area (Å²) in [5, 5.41) is 3.96. The van der Waals surface area contributed by atoms with E-state index in [2.05, 4.69) is 36.4 Å². The van der Waals surface area contributed by atoms with E-state index in [4.69, 9.17) is 16.3 Å². The summed E-state index contributed by atoms with van der Waals surface area (Å²) < 4.78 is 5.75. The topological polar surface area (TPSA) is 26.3 Å². The summed E-state index contributed by atoms with van der Waals surface area (Å²) in [6.07, 6.45) is 0. The van der Waals surface area contributed by atoms with Gasteiger partial charge < -0.3 is 4.74 Å². The van der Waals surface area contributed by atoms with Gasteiger partial charge in [-0.2, -0.15) is 0 Å². The fourth-order valence-electron chi connectivity index (χ4n) is 3.62. The first-order chi connectivity index (χ1) is 15.2. The van der Waals surface area contributed by atoms with Crippen LogP contribution in [0.1, 0.15) is 0 Å². The van der Waals surface area contributed by atoms with Crippen molar-refractivity contribution in [3.63, 3.8) is 0 Å². The second-order valence-electron chi connectivity index (χ2n) is 7.07. The van der Waals surface area contributed by atoms with Gasteiger partial charge in [-0.1, -0.05) is 109 Å². The van der Waals surface area contributed by atoms with Gasteiger partial charge >= 0.3 is 0 Å². The van der Waals surface area contributed by atoms with Gasteiger partial charge in [0.1, 0.15) is 5.75 Å². The summed E-state index contributed by atoms with van der Waals surface area (Å²) in [6.45, 7) is -2.37. The third-order valence-corrected chi connectivity index (χ3v) is 9.25. The number of carbonyl (C=O) groups excluding carboxylic acids is 1. The minimum Gasteiger partial charge on any atom is -0.485 e. The van der Waals surface area contributed by atoms with E-state index in [9.17, 15) is 4.79 Å². The molecule has 31 heavy (non-hydrogen) atoms. The molecule has 0 N–H and O–H groups in total. The minimum absolute atomic E-state index is 0.0470. The number of carbonyl (C=O) groups is 1. The number of benzene rings is 4. The minimum atomic E-state index is -2.32. The van der Waals surface area contributed by atoms with Crippen molar-refractivity contribution in [1.82, 2.24) is 0 Å². The molecule has 4 heteroatoms. The smallest absolute Gasteiger partial charge is 0.194 e. The fraction of sp³-hybridized carbons (Fsp3) is 0.0370. The molecular weight excluding hydrogens is 423 g/mol. The van der Waals surface area contributed by atoms with Crippen molar-refractivity contribution >= 4 is 46.0 Å². The molecule has 4 aromatic carbocycles. The molecule has 0 heterocycles. The van der Waals surface area contributed by atoms with Gasteiger partial charge in [0, 0.05) is 5.02 Å². The van der Waals surface area contributed by atoms with E-state index in [0.717, 1.165) is 15.9 Å². The highest BCUT2D eigenvalue weighted by molar-refractivity contribution is 7.95. The molecular formula is C27H22ClO2P. The maximum Gasteiger partial charge on any atom is 0.194 e. The van der Waals surface area contributed by atoms with Crippen molar-refractivity contribution in [2.75, 3.05) is 6.61 Å². The molecule has 0 saturated carbocycles. The highest BCUT2D eigenvalue weighted by Gasteiger charge is 2.26. The Hall–Kier alpha value is -3.06. The Balaban J connectivity index is 1.84. The van der Waals surface area contributed by atoms with Crippen molar-refractivity contribution in [2.45, 2.75) is 0 Å². The maximum atomic E-state index is 13.3.